The van der Waals surface area contributed by atoms with E-state index in [0.29, 0.717) is 11.5 Å². The zero-order valence-corrected chi connectivity index (χ0v) is 41.7. The third kappa shape index (κ3) is 6.62. The summed E-state index contributed by atoms with van der Waals surface area (Å²) in [6.45, 7) is 4.44. The second-order valence-corrected chi connectivity index (χ2v) is 18.8. The molecule has 0 N–H and O–H groups in total. The van der Waals surface area contributed by atoms with Crippen LogP contribution in [0.3, 0.4) is 0 Å². The molecule has 0 radical (unpaired) electrons. The molecule has 0 unspecified atom stereocenters. The fraction of sp³-hybridized carbons (Fsp3) is 0.0149. The van der Waals surface area contributed by atoms with Crippen molar-refractivity contribution in [2.24, 2.45) is 0 Å². The van der Waals surface area contributed by atoms with E-state index in [4.69, 9.17) is 9.72 Å². The number of aromatic nitrogens is 2. The molecule has 0 amide bonds. The first kappa shape index (κ1) is 43.1. The molecule has 0 fully saturated rings. The van der Waals surface area contributed by atoms with Crippen molar-refractivity contribution in [2.45, 2.75) is 6.92 Å². The van der Waals surface area contributed by atoms with Crippen LogP contribution in [-0.2, 0) is 21.1 Å². The first-order valence-electron chi connectivity index (χ1n) is 24.4. The second-order valence-electron chi connectivity index (χ2n) is 18.8. The van der Waals surface area contributed by atoms with E-state index in [9.17, 15) is 0 Å². The number of aryl methyl sites for hydroxylation is 1. The Labute approximate surface area is 436 Å². The minimum absolute atomic E-state index is 0. The number of benzene rings is 10. The SMILES string of the molecule is Cc1cc(-c2ccccc2)c(N2[CH-]N3c4[c-]c(Oc5[c-]c6c(cc5)c5cccc7c8ccccc8c8ccccc8c8cccnc8n6c75)ccc4-c4ccccc4-c4cccc2c43)c(-c2ccccc2)c1.[Pt]. The first-order valence-corrected chi connectivity index (χ1v) is 24.4. The van der Waals surface area contributed by atoms with Gasteiger partial charge in [0.25, 0.3) is 0 Å². The third-order valence-corrected chi connectivity index (χ3v) is 14.7. The van der Waals surface area contributed by atoms with Crippen LogP contribution in [0.15, 0.2) is 225 Å². The maximum absolute atomic E-state index is 6.98. The minimum Gasteiger partial charge on any atom is -0.509 e. The van der Waals surface area contributed by atoms with Gasteiger partial charge in [-0.2, -0.15) is 12.1 Å². The molecule has 0 saturated carbocycles. The quantitative estimate of drug-likeness (QED) is 0.161. The predicted molar refractivity (Wildman–Crippen MR) is 297 cm³/mol. The summed E-state index contributed by atoms with van der Waals surface area (Å²) in [5, 5.41) is 9.03. The number of anilines is 4. The van der Waals surface area contributed by atoms with Crippen LogP contribution in [0.1, 0.15) is 5.56 Å². The predicted octanol–water partition coefficient (Wildman–Crippen LogP) is 17.8. The van der Waals surface area contributed by atoms with Crippen molar-refractivity contribution in [3.05, 3.63) is 249 Å². The molecule has 0 spiro atoms. The van der Waals surface area contributed by atoms with Gasteiger partial charge in [0.2, 0.25) is 0 Å². The number of rotatable bonds is 5. The first-order chi connectivity index (χ1) is 35.6. The van der Waals surface area contributed by atoms with Crippen molar-refractivity contribution in [1.29, 1.82) is 0 Å². The fourth-order valence-corrected chi connectivity index (χ4v) is 11.6. The Morgan fingerprint density at radius 3 is 1.66 bits per heavy atom. The molecular weight excluding hydrogens is 1070 g/mol. The average Bonchev–Trinajstić information content (AvgIpc) is 3.97. The van der Waals surface area contributed by atoms with Crippen LogP contribution in [-0.4, -0.2) is 9.38 Å². The maximum atomic E-state index is 6.98. The standard InChI is InChI=1S/C67H41N4O.Pt/c1-42-37-59(43-17-4-2-5-18-43)64(60(38-42)44-19-6-3-7-20-44)69-41-70-62-39-45(32-34-53(62)49-23-10-12-25-51(49)56-29-15-31-61(69)66(56)70)72-46-33-35-54-57-28-14-27-55-50-24-11-8-21-47(50)48-22-9-13-26-52(48)58-30-16-36-68-67(58)71(65(55)57)63(54)40-46;/h2-38,41H,1H3;/q-3;. The molecule has 2 aliphatic heterocycles. The number of nitrogens with zero attached hydrogens (tertiary/aromatic N) is 4. The largest absolute Gasteiger partial charge is 0.509 e. The Hall–Kier alpha value is -8.76. The van der Waals surface area contributed by atoms with E-state index in [1.165, 1.54) is 27.3 Å². The molecule has 5 nitrogen and oxygen atoms in total. The van der Waals surface area contributed by atoms with E-state index >= 15 is 0 Å². The van der Waals surface area contributed by atoms with E-state index < -0.39 is 0 Å². The number of ether oxygens (including phenoxy) is 1. The normalized spacial score (nSPS) is 12.5. The van der Waals surface area contributed by atoms with Gasteiger partial charge >= 0.3 is 0 Å². The van der Waals surface area contributed by atoms with E-state index in [0.717, 1.165) is 105 Å². The molecule has 15 rings (SSSR count). The van der Waals surface area contributed by atoms with Gasteiger partial charge in [-0.3, -0.25) is 0 Å². The van der Waals surface area contributed by atoms with E-state index in [2.05, 4.69) is 240 Å². The number of para-hydroxylation sites is 2. The summed E-state index contributed by atoms with van der Waals surface area (Å²) >= 11 is 0. The van der Waals surface area contributed by atoms with Crippen molar-refractivity contribution >= 4 is 82.5 Å². The molecule has 2 aliphatic rings. The van der Waals surface area contributed by atoms with Gasteiger partial charge in [-0.1, -0.05) is 181 Å². The molecule has 0 saturated heterocycles. The zero-order chi connectivity index (χ0) is 47.4. The number of hydrogen-bond acceptors (Lipinski definition) is 4. The van der Waals surface area contributed by atoms with Crippen LogP contribution in [0.4, 0.5) is 22.7 Å². The van der Waals surface area contributed by atoms with Crippen LogP contribution >= 0.6 is 0 Å². The number of hydrogen-bond donors (Lipinski definition) is 0. The Balaban J connectivity index is 0.00000493. The molecule has 6 heteroatoms. The van der Waals surface area contributed by atoms with Gasteiger partial charge in [0, 0.05) is 88.8 Å². The molecule has 13 aromatic rings. The second kappa shape index (κ2) is 16.9. The third-order valence-electron chi connectivity index (χ3n) is 14.7. The summed E-state index contributed by atoms with van der Waals surface area (Å²) in [6, 6.07) is 85.8. The van der Waals surface area contributed by atoms with Crippen molar-refractivity contribution in [3.63, 3.8) is 0 Å². The van der Waals surface area contributed by atoms with Crippen molar-refractivity contribution in [2.75, 3.05) is 9.80 Å². The summed E-state index contributed by atoms with van der Waals surface area (Å²) in [5.41, 5.74) is 17.4. The number of pyridine rings is 1. The Morgan fingerprint density at radius 2 is 0.959 bits per heavy atom. The van der Waals surface area contributed by atoms with Crippen molar-refractivity contribution in [3.8, 4) is 56.0 Å². The minimum atomic E-state index is 0. The summed E-state index contributed by atoms with van der Waals surface area (Å²) in [7, 11) is 0. The molecule has 3 aromatic heterocycles. The van der Waals surface area contributed by atoms with Gasteiger partial charge in [-0.25, -0.2) is 4.98 Å². The van der Waals surface area contributed by atoms with E-state index in [1.54, 1.807) is 0 Å². The average molecular weight is 1110 g/mol. The van der Waals surface area contributed by atoms with Crippen LogP contribution in [0, 0.1) is 25.7 Å². The number of fused-ring (bicyclic) bond motifs is 15. The van der Waals surface area contributed by atoms with Crippen molar-refractivity contribution < 1.29 is 25.8 Å². The van der Waals surface area contributed by atoms with Crippen LogP contribution in [0.25, 0.3) is 104 Å². The van der Waals surface area contributed by atoms with Gasteiger partial charge in [-0.05, 0) is 86.4 Å². The Morgan fingerprint density at radius 1 is 0.425 bits per heavy atom. The molecule has 5 heterocycles. The van der Waals surface area contributed by atoms with E-state index in [1.807, 2.05) is 24.4 Å². The van der Waals surface area contributed by atoms with Crippen LogP contribution in [0.2, 0.25) is 0 Å². The van der Waals surface area contributed by atoms with E-state index in [-0.39, 0.29) is 21.1 Å². The zero-order valence-electron chi connectivity index (χ0n) is 39.5. The summed E-state index contributed by atoms with van der Waals surface area (Å²) in [4.78, 5) is 9.87. The molecule has 0 bridgehead atoms. The van der Waals surface area contributed by atoms with Gasteiger partial charge < -0.3 is 18.9 Å². The van der Waals surface area contributed by atoms with Crippen LogP contribution < -0.4 is 14.5 Å². The molecule has 348 valence electrons. The fourth-order valence-electron chi connectivity index (χ4n) is 11.6. The molecule has 0 atom stereocenters. The molecule has 10 aromatic carbocycles. The van der Waals surface area contributed by atoms with Crippen molar-refractivity contribution in [1.82, 2.24) is 9.38 Å². The molecule has 73 heavy (non-hydrogen) atoms. The summed E-state index contributed by atoms with van der Waals surface area (Å²) < 4.78 is 9.28. The van der Waals surface area contributed by atoms with Crippen LogP contribution in [0.5, 0.6) is 11.5 Å². The van der Waals surface area contributed by atoms with Gasteiger partial charge in [-0.15, -0.1) is 41.9 Å². The topological polar surface area (TPSA) is 33.0 Å². The van der Waals surface area contributed by atoms with Gasteiger partial charge in [0.1, 0.15) is 5.65 Å². The molecule has 0 aliphatic carbocycles. The Kier molecular flexibility index (Phi) is 9.99. The Bertz CT molecular complexity index is 4370. The molecular formula is C67H41N4OPt-3. The smallest absolute Gasteiger partial charge is 0.143 e. The maximum Gasteiger partial charge on any atom is 0.143 e. The summed E-state index contributed by atoms with van der Waals surface area (Å²) in [6.07, 6.45) is 1.89. The summed E-state index contributed by atoms with van der Waals surface area (Å²) in [5.74, 6) is 1.17. The monoisotopic (exact) mass is 1110 g/mol. The van der Waals surface area contributed by atoms with Gasteiger partial charge in [0.05, 0.1) is 0 Å². The van der Waals surface area contributed by atoms with Gasteiger partial charge in [0.15, 0.2) is 0 Å².